The largest absolute Gasteiger partial charge is 0.380 e. The lowest BCUT2D eigenvalue weighted by molar-refractivity contribution is -0.122. The van der Waals surface area contributed by atoms with Gasteiger partial charge in [-0.05, 0) is 25.2 Å². The van der Waals surface area contributed by atoms with Gasteiger partial charge in [0, 0.05) is 32.2 Å². The van der Waals surface area contributed by atoms with Crippen LogP contribution in [0.1, 0.15) is 33.1 Å². The fourth-order valence-corrected chi connectivity index (χ4v) is 1.45. The van der Waals surface area contributed by atoms with Crippen molar-refractivity contribution in [2.45, 2.75) is 33.1 Å². The lowest BCUT2D eigenvalue weighted by Gasteiger charge is -2.08. The maximum absolute atomic E-state index is 11.3. The summed E-state index contributed by atoms with van der Waals surface area (Å²) in [6, 6.07) is 0. The number of carbonyl (C=O) groups excluding carboxylic acids is 1. The highest BCUT2D eigenvalue weighted by Crippen LogP contribution is 2.28. The van der Waals surface area contributed by atoms with Gasteiger partial charge in [-0.15, -0.1) is 0 Å². The second-order valence-electron chi connectivity index (χ2n) is 5.11. The molecule has 0 unspecified atom stereocenters. The predicted octanol–water partition coefficient (Wildman–Crippen LogP) is 1.16. The van der Waals surface area contributed by atoms with E-state index in [2.05, 4.69) is 24.5 Å². The van der Waals surface area contributed by atoms with Crippen LogP contribution in [0.15, 0.2) is 0 Å². The monoisotopic (exact) mass is 242 g/mol. The molecule has 1 aliphatic rings. The van der Waals surface area contributed by atoms with Crippen LogP contribution in [-0.4, -0.2) is 38.8 Å². The molecule has 1 rings (SSSR count). The average Bonchev–Trinajstić information content (AvgIpc) is 3.09. The van der Waals surface area contributed by atoms with Gasteiger partial charge in [-0.25, -0.2) is 0 Å². The van der Waals surface area contributed by atoms with Gasteiger partial charge >= 0.3 is 0 Å². The van der Waals surface area contributed by atoms with Crippen LogP contribution >= 0.6 is 0 Å². The van der Waals surface area contributed by atoms with Crippen LogP contribution in [-0.2, 0) is 9.53 Å². The van der Waals surface area contributed by atoms with Crippen LogP contribution in [0.5, 0.6) is 0 Å². The van der Waals surface area contributed by atoms with Gasteiger partial charge in [0.1, 0.15) is 0 Å². The molecule has 17 heavy (non-hydrogen) atoms. The summed E-state index contributed by atoms with van der Waals surface area (Å²) in [5.41, 5.74) is 0. The van der Waals surface area contributed by atoms with E-state index in [1.165, 1.54) is 0 Å². The first-order chi connectivity index (χ1) is 8.20. The van der Waals surface area contributed by atoms with Crippen LogP contribution in [0.25, 0.3) is 0 Å². The van der Waals surface area contributed by atoms with E-state index in [-0.39, 0.29) is 5.91 Å². The molecule has 0 aromatic rings. The van der Waals surface area contributed by atoms with Gasteiger partial charge in [-0.2, -0.15) is 0 Å². The van der Waals surface area contributed by atoms with Crippen molar-refractivity contribution < 1.29 is 9.53 Å². The summed E-state index contributed by atoms with van der Waals surface area (Å²) < 4.78 is 5.47. The van der Waals surface area contributed by atoms with Crippen molar-refractivity contribution in [3.05, 3.63) is 0 Å². The summed E-state index contributed by atoms with van der Waals surface area (Å²) in [5.74, 6) is 1.25. The number of carbonyl (C=O) groups is 1. The van der Waals surface area contributed by atoms with Gasteiger partial charge in [0.25, 0.3) is 0 Å². The Bertz CT molecular complexity index is 215. The summed E-state index contributed by atoms with van der Waals surface area (Å²) in [7, 11) is 0. The predicted molar refractivity (Wildman–Crippen MR) is 68.9 cm³/mol. The SMILES string of the molecule is CC(C)CCOCCNCCNC(=O)C1CC1. The third kappa shape index (κ3) is 8.16. The normalized spacial score (nSPS) is 15.2. The van der Waals surface area contributed by atoms with Crippen molar-refractivity contribution >= 4 is 5.91 Å². The van der Waals surface area contributed by atoms with Crippen LogP contribution < -0.4 is 10.6 Å². The first-order valence-corrected chi connectivity index (χ1v) is 6.76. The molecule has 0 aromatic carbocycles. The van der Waals surface area contributed by atoms with Crippen LogP contribution in [0.3, 0.4) is 0 Å². The number of amides is 1. The lowest BCUT2D eigenvalue weighted by Crippen LogP contribution is -2.33. The summed E-state index contributed by atoms with van der Waals surface area (Å²) in [4.78, 5) is 11.3. The molecule has 1 aliphatic carbocycles. The Labute approximate surface area is 104 Å². The zero-order chi connectivity index (χ0) is 12.5. The molecule has 100 valence electrons. The molecule has 0 saturated heterocycles. The van der Waals surface area contributed by atoms with Crippen molar-refractivity contribution in [3.8, 4) is 0 Å². The maximum atomic E-state index is 11.3. The lowest BCUT2D eigenvalue weighted by atomic mass is 10.1. The van der Waals surface area contributed by atoms with Gasteiger partial charge < -0.3 is 15.4 Å². The van der Waals surface area contributed by atoms with Crippen LogP contribution in [0.2, 0.25) is 0 Å². The number of ether oxygens (including phenoxy) is 1. The van der Waals surface area contributed by atoms with Crippen molar-refractivity contribution in [1.82, 2.24) is 10.6 Å². The second-order valence-corrected chi connectivity index (χ2v) is 5.11. The van der Waals surface area contributed by atoms with Gasteiger partial charge in [0.05, 0.1) is 6.61 Å². The molecule has 0 radical (unpaired) electrons. The molecule has 0 bridgehead atoms. The van der Waals surface area contributed by atoms with E-state index in [4.69, 9.17) is 4.74 Å². The van der Waals surface area contributed by atoms with E-state index < -0.39 is 0 Å². The van der Waals surface area contributed by atoms with E-state index in [1.807, 2.05) is 0 Å². The molecule has 0 spiro atoms. The van der Waals surface area contributed by atoms with Crippen LogP contribution in [0, 0.1) is 11.8 Å². The van der Waals surface area contributed by atoms with Gasteiger partial charge in [-0.1, -0.05) is 13.8 Å². The molecule has 2 N–H and O–H groups in total. The quantitative estimate of drug-likeness (QED) is 0.565. The number of hydrogen-bond donors (Lipinski definition) is 2. The van der Waals surface area contributed by atoms with Crippen molar-refractivity contribution in [3.63, 3.8) is 0 Å². The van der Waals surface area contributed by atoms with Crippen molar-refractivity contribution in [2.24, 2.45) is 11.8 Å². The Morgan fingerprint density at radius 3 is 2.65 bits per heavy atom. The molecule has 1 saturated carbocycles. The molecular weight excluding hydrogens is 216 g/mol. The van der Waals surface area contributed by atoms with Gasteiger partial charge in [0.15, 0.2) is 0 Å². The Balaban J connectivity index is 1.73. The van der Waals surface area contributed by atoms with Crippen molar-refractivity contribution in [1.29, 1.82) is 0 Å². The average molecular weight is 242 g/mol. The minimum absolute atomic E-state index is 0.222. The second kappa shape index (κ2) is 8.48. The number of nitrogens with one attached hydrogen (secondary N) is 2. The minimum Gasteiger partial charge on any atom is -0.380 e. The summed E-state index contributed by atoms with van der Waals surface area (Å²) in [5, 5.41) is 6.17. The zero-order valence-electron chi connectivity index (χ0n) is 11.1. The van der Waals surface area contributed by atoms with E-state index >= 15 is 0 Å². The molecule has 1 fully saturated rings. The molecule has 0 atom stereocenters. The van der Waals surface area contributed by atoms with Gasteiger partial charge in [0.2, 0.25) is 5.91 Å². The molecule has 4 heteroatoms. The summed E-state index contributed by atoms with van der Waals surface area (Å²) >= 11 is 0. The Morgan fingerprint density at radius 2 is 2.00 bits per heavy atom. The highest BCUT2D eigenvalue weighted by molar-refractivity contribution is 5.80. The third-order valence-corrected chi connectivity index (χ3v) is 2.81. The first kappa shape index (κ1) is 14.5. The maximum Gasteiger partial charge on any atom is 0.223 e. The standard InChI is InChI=1S/C13H26N2O2/c1-11(2)5-9-17-10-8-14-6-7-15-13(16)12-3-4-12/h11-12,14H,3-10H2,1-2H3,(H,15,16). The van der Waals surface area contributed by atoms with Crippen molar-refractivity contribution in [2.75, 3.05) is 32.8 Å². The fourth-order valence-electron chi connectivity index (χ4n) is 1.45. The molecule has 0 heterocycles. The van der Waals surface area contributed by atoms with E-state index in [0.717, 1.165) is 52.1 Å². The molecule has 1 amide bonds. The Kier molecular flexibility index (Phi) is 7.21. The Morgan fingerprint density at radius 1 is 1.24 bits per heavy atom. The Hall–Kier alpha value is -0.610. The van der Waals surface area contributed by atoms with E-state index in [0.29, 0.717) is 11.8 Å². The van der Waals surface area contributed by atoms with Gasteiger partial charge in [-0.3, -0.25) is 4.79 Å². The van der Waals surface area contributed by atoms with E-state index in [1.54, 1.807) is 0 Å². The molecule has 4 nitrogen and oxygen atoms in total. The molecule has 0 aliphatic heterocycles. The topological polar surface area (TPSA) is 50.4 Å². The van der Waals surface area contributed by atoms with Crippen LogP contribution in [0.4, 0.5) is 0 Å². The highest BCUT2D eigenvalue weighted by atomic mass is 16.5. The molecule has 0 aromatic heterocycles. The molecular formula is C13H26N2O2. The number of rotatable bonds is 10. The summed E-state index contributed by atoms with van der Waals surface area (Å²) in [6.45, 7) is 8.40. The third-order valence-electron chi connectivity index (χ3n) is 2.81. The first-order valence-electron chi connectivity index (χ1n) is 6.76. The summed E-state index contributed by atoms with van der Waals surface area (Å²) in [6.07, 6.45) is 3.27. The highest BCUT2D eigenvalue weighted by Gasteiger charge is 2.28. The van der Waals surface area contributed by atoms with E-state index in [9.17, 15) is 4.79 Å². The number of hydrogen-bond acceptors (Lipinski definition) is 3. The minimum atomic E-state index is 0.222. The zero-order valence-corrected chi connectivity index (χ0v) is 11.1. The smallest absolute Gasteiger partial charge is 0.223 e. The fraction of sp³-hybridized carbons (Fsp3) is 0.923.